The molecule has 4 aromatic heterocycles. The van der Waals surface area contributed by atoms with Crippen molar-refractivity contribution in [3.05, 3.63) is 71.1 Å². The van der Waals surface area contributed by atoms with Crippen LogP contribution in [0.2, 0.25) is 0 Å². The average molecular weight is 525 g/mol. The summed E-state index contributed by atoms with van der Waals surface area (Å²) in [4.78, 5) is 9.89. The predicted molar refractivity (Wildman–Crippen MR) is 139 cm³/mol. The van der Waals surface area contributed by atoms with Crippen LogP contribution in [-0.4, -0.2) is 33.8 Å². The Kier molecular flexibility index (Phi) is 6.57. The molecule has 5 rings (SSSR count). The number of nitrogens with zero attached hydrogens (tertiary/aromatic N) is 4. The van der Waals surface area contributed by atoms with Gasteiger partial charge in [-0.2, -0.15) is 0 Å². The van der Waals surface area contributed by atoms with Crippen LogP contribution in [0.4, 0.5) is 4.39 Å². The Morgan fingerprint density at radius 1 is 1.19 bits per heavy atom. The van der Waals surface area contributed by atoms with Gasteiger partial charge in [0.15, 0.2) is 5.76 Å². The van der Waals surface area contributed by atoms with Crippen LogP contribution >= 0.6 is 22.7 Å². The van der Waals surface area contributed by atoms with E-state index in [0.717, 1.165) is 27.7 Å². The number of imidazole rings is 1. The lowest BCUT2D eigenvalue weighted by atomic mass is 10.2. The minimum atomic E-state index is -0.401. The zero-order valence-electron chi connectivity index (χ0n) is 19.6. The van der Waals surface area contributed by atoms with Gasteiger partial charge in [-0.15, -0.1) is 16.4 Å². The Hall–Kier alpha value is -3.96. The lowest BCUT2D eigenvalue weighted by Crippen LogP contribution is -1.97. The van der Waals surface area contributed by atoms with Gasteiger partial charge in [0, 0.05) is 17.5 Å². The van der Waals surface area contributed by atoms with Crippen molar-refractivity contribution in [1.29, 1.82) is 0 Å². The van der Waals surface area contributed by atoms with Gasteiger partial charge in [-0.25, -0.2) is 18.9 Å². The summed E-state index contributed by atoms with van der Waals surface area (Å²) in [5.41, 5.74) is 2.85. The molecule has 0 aliphatic rings. The normalized spacial score (nSPS) is 12.4. The lowest BCUT2D eigenvalue weighted by Gasteiger charge is -2.07. The maximum absolute atomic E-state index is 13.3. The smallest absolute Gasteiger partial charge is 0.294 e. The topological polar surface area (TPSA) is 83.9 Å². The number of hydrogen-bond donors (Lipinski definition) is 0. The number of benzene rings is 1. The average Bonchev–Trinajstić information content (AvgIpc) is 3.67. The molecule has 0 unspecified atom stereocenters. The maximum atomic E-state index is 13.3. The van der Waals surface area contributed by atoms with Gasteiger partial charge in [0.05, 0.1) is 31.5 Å². The van der Waals surface area contributed by atoms with Crippen LogP contribution in [0.15, 0.2) is 64.8 Å². The molecule has 0 fully saturated rings. The van der Waals surface area contributed by atoms with Gasteiger partial charge in [-0.3, -0.25) is 0 Å². The molecule has 0 spiro atoms. The van der Waals surface area contributed by atoms with Crippen LogP contribution < -0.4 is 14.2 Å². The van der Waals surface area contributed by atoms with Crippen molar-refractivity contribution in [2.75, 3.05) is 14.2 Å². The second kappa shape index (κ2) is 9.96. The standard InChI is InChI=1S/C25H21FN4O4S2/c1-5-15(26)7-6-14(2)23-27-16(13-35-23)12-33-20-8-17(31-3)9-21-18(20)10-22(34-21)19-11-30-24(28-19)36-25(29-30)32-4/h5-11,13H,1,12H2,2-4H3/b14-6+,15-7+. The zero-order valence-corrected chi connectivity index (χ0v) is 21.3. The van der Waals surface area contributed by atoms with E-state index in [4.69, 9.17) is 18.6 Å². The number of hydrogen-bond acceptors (Lipinski definition) is 9. The number of methoxy groups -OCH3 is 2. The first kappa shape index (κ1) is 23.8. The summed E-state index contributed by atoms with van der Waals surface area (Å²) >= 11 is 2.81. The number of fused-ring (bicyclic) bond motifs is 2. The van der Waals surface area contributed by atoms with Crippen molar-refractivity contribution in [1.82, 2.24) is 19.6 Å². The molecule has 0 amide bonds. The monoisotopic (exact) mass is 524 g/mol. The SMILES string of the molecule is C=C/C(F)=C\C=C(/C)c1nc(COc2cc(OC)cc3oc(-c4cn5nc(OC)sc5n4)cc23)cs1. The number of aromatic nitrogens is 4. The van der Waals surface area contributed by atoms with Gasteiger partial charge in [0.25, 0.3) is 5.19 Å². The minimum Gasteiger partial charge on any atom is -0.496 e. The minimum absolute atomic E-state index is 0.243. The van der Waals surface area contributed by atoms with Crippen molar-refractivity contribution >= 4 is 44.2 Å². The third kappa shape index (κ3) is 4.75. The second-order valence-electron chi connectivity index (χ2n) is 7.61. The first-order valence-corrected chi connectivity index (χ1v) is 12.4. The second-order valence-corrected chi connectivity index (χ2v) is 9.39. The van der Waals surface area contributed by atoms with E-state index in [9.17, 15) is 4.39 Å². The number of thiazole rings is 1. The highest BCUT2D eigenvalue weighted by atomic mass is 32.1. The van der Waals surface area contributed by atoms with E-state index in [0.29, 0.717) is 38.7 Å². The number of halogens is 1. The summed E-state index contributed by atoms with van der Waals surface area (Å²) in [6.07, 6.45) is 5.97. The van der Waals surface area contributed by atoms with Gasteiger partial charge in [0.1, 0.15) is 40.2 Å². The van der Waals surface area contributed by atoms with Gasteiger partial charge in [0.2, 0.25) is 4.96 Å². The molecule has 11 heteroatoms. The van der Waals surface area contributed by atoms with Gasteiger partial charge in [-0.1, -0.05) is 12.7 Å². The van der Waals surface area contributed by atoms with E-state index in [2.05, 4.69) is 21.6 Å². The van der Waals surface area contributed by atoms with Crippen LogP contribution in [0.25, 0.3) is 33.0 Å². The fourth-order valence-electron chi connectivity index (χ4n) is 3.38. The number of rotatable bonds is 9. The Morgan fingerprint density at radius 2 is 2.06 bits per heavy atom. The summed E-state index contributed by atoms with van der Waals surface area (Å²) in [5, 5.41) is 8.32. The molecule has 1 aromatic carbocycles. The van der Waals surface area contributed by atoms with Crippen molar-refractivity contribution in [3.63, 3.8) is 0 Å². The Labute approximate surface area is 213 Å². The summed E-state index contributed by atoms with van der Waals surface area (Å²) in [6, 6.07) is 5.49. The molecular weight excluding hydrogens is 503 g/mol. The molecule has 0 saturated carbocycles. The van der Waals surface area contributed by atoms with E-state index in [-0.39, 0.29) is 6.61 Å². The Bertz CT molecular complexity index is 1590. The lowest BCUT2D eigenvalue weighted by molar-refractivity contribution is 0.303. The molecule has 36 heavy (non-hydrogen) atoms. The van der Waals surface area contributed by atoms with Crippen LogP contribution in [0.5, 0.6) is 16.7 Å². The molecule has 0 aliphatic carbocycles. The summed E-state index contributed by atoms with van der Waals surface area (Å²) < 4.78 is 37.8. The molecular formula is C25H21FN4O4S2. The number of allylic oxidation sites excluding steroid dienone is 5. The fourth-order valence-corrected chi connectivity index (χ4v) is 4.87. The first-order valence-electron chi connectivity index (χ1n) is 10.7. The van der Waals surface area contributed by atoms with E-state index in [1.165, 1.54) is 28.7 Å². The van der Waals surface area contributed by atoms with Crippen LogP contribution in [-0.2, 0) is 6.61 Å². The van der Waals surface area contributed by atoms with Crippen LogP contribution in [0, 0.1) is 0 Å². The molecule has 0 bridgehead atoms. The van der Waals surface area contributed by atoms with Crippen molar-refractivity contribution in [3.8, 4) is 28.1 Å². The molecule has 0 aliphatic heterocycles. The summed E-state index contributed by atoms with van der Waals surface area (Å²) in [6.45, 7) is 5.52. The van der Waals surface area contributed by atoms with Gasteiger partial charge >= 0.3 is 0 Å². The molecule has 8 nitrogen and oxygen atoms in total. The predicted octanol–water partition coefficient (Wildman–Crippen LogP) is 6.70. The van der Waals surface area contributed by atoms with E-state index in [1.807, 2.05) is 18.4 Å². The Morgan fingerprint density at radius 3 is 2.81 bits per heavy atom. The maximum Gasteiger partial charge on any atom is 0.294 e. The molecule has 0 radical (unpaired) electrons. The van der Waals surface area contributed by atoms with E-state index >= 15 is 0 Å². The van der Waals surface area contributed by atoms with Crippen molar-refractivity contribution < 1.29 is 23.0 Å². The van der Waals surface area contributed by atoms with Crippen molar-refractivity contribution in [2.24, 2.45) is 0 Å². The fraction of sp³-hybridized carbons (Fsp3) is 0.160. The van der Waals surface area contributed by atoms with Crippen LogP contribution in [0.1, 0.15) is 17.6 Å². The molecule has 184 valence electrons. The molecule has 5 aromatic rings. The largest absolute Gasteiger partial charge is 0.496 e. The molecule has 0 N–H and O–H groups in total. The Balaban J connectivity index is 1.40. The quantitative estimate of drug-likeness (QED) is 0.198. The third-order valence-corrected chi connectivity index (χ3v) is 7.12. The molecule has 0 atom stereocenters. The van der Waals surface area contributed by atoms with E-state index < -0.39 is 5.83 Å². The van der Waals surface area contributed by atoms with E-state index in [1.54, 1.807) is 43.1 Å². The summed E-state index contributed by atoms with van der Waals surface area (Å²) in [5.74, 6) is 1.38. The highest BCUT2D eigenvalue weighted by Crippen LogP contribution is 2.37. The third-order valence-electron chi connectivity index (χ3n) is 5.21. The highest BCUT2D eigenvalue weighted by Gasteiger charge is 2.17. The van der Waals surface area contributed by atoms with Crippen molar-refractivity contribution in [2.45, 2.75) is 13.5 Å². The first-order chi connectivity index (χ1) is 17.5. The molecule has 4 heterocycles. The number of furan rings is 1. The van der Waals surface area contributed by atoms with Gasteiger partial charge in [-0.05, 0) is 42.1 Å². The van der Waals surface area contributed by atoms with Crippen LogP contribution in [0.3, 0.4) is 0 Å². The highest BCUT2D eigenvalue weighted by molar-refractivity contribution is 7.18. The number of ether oxygens (including phenoxy) is 3. The molecule has 0 saturated heterocycles. The zero-order chi connectivity index (χ0) is 25.2. The van der Waals surface area contributed by atoms with Gasteiger partial charge < -0.3 is 18.6 Å². The summed E-state index contributed by atoms with van der Waals surface area (Å²) in [7, 11) is 3.16.